The number of aromatic nitrogens is 3. The molecule has 2 heterocycles. The zero-order chi connectivity index (χ0) is 16.9. The largest absolute Gasteiger partial charge is 0.346 e. The average Bonchev–Trinajstić information content (AvgIpc) is 3.01. The van der Waals surface area contributed by atoms with Crippen molar-refractivity contribution >= 4 is 23.3 Å². The second-order valence-corrected chi connectivity index (χ2v) is 6.86. The summed E-state index contributed by atoms with van der Waals surface area (Å²) in [6, 6.07) is 13.9. The Labute approximate surface area is 145 Å². The van der Waals surface area contributed by atoms with Crippen molar-refractivity contribution in [2.75, 3.05) is 5.75 Å². The van der Waals surface area contributed by atoms with Crippen molar-refractivity contribution in [2.45, 2.75) is 31.2 Å². The predicted molar refractivity (Wildman–Crippen MR) is 96.1 cm³/mol. The Balaban J connectivity index is 1.52. The molecule has 0 aliphatic carbocycles. The van der Waals surface area contributed by atoms with Crippen molar-refractivity contribution < 1.29 is 4.79 Å². The smallest absolute Gasteiger partial charge is 0.221 e. The third-order valence-electron chi connectivity index (χ3n) is 3.72. The van der Waals surface area contributed by atoms with E-state index in [-0.39, 0.29) is 11.9 Å². The molecule has 0 fully saturated rings. The number of fused-ring (bicyclic) bond motifs is 1. The highest BCUT2D eigenvalue weighted by Crippen LogP contribution is 2.19. The summed E-state index contributed by atoms with van der Waals surface area (Å²) in [5.74, 6) is 1.52. The molecule has 1 amide bonds. The van der Waals surface area contributed by atoms with Crippen LogP contribution >= 0.6 is 11.8 Å². The topological polar surface area (TPSA) is 59.3 Å². The number of carbonyl (C=O) groups excluding carboxylic acids is 1. The number of amides is 1. The molecule has 0 saturated heterocycles. The lowest BCUT2D eigenvalue weighted by Gasteiger charge is -2.12. The molecule has 3 rings (SSSR count). The van der Waals surface area contributed by atoms with Crippen molar-refractivity contribution in [3.63, 3.8) is 0 Å². The van der Waals surface area contributed by atoms with Crippen molar-refractivity contribution in [2.24, 2.45) is 0 Å². The molecule has 0 aliphatic heterocycles. The number of rotatable bonds is 6. The van der Waals surface area contributed by atoms with E-state index in [0.717, 1.165) is 17.2 Å². The van der Waals surface area contributed by atoms with Crippen LogP contribution in [-0.4, -0.2) is 26.3 Å². The lowest BCUT2D eigenvalue weighted by molar-refractivity contribution is -0.121. The van der Waals surface area contributed by atoms with Crippen LogP contribution in [0.4, 0.5) is 0 Å². The van der Waals surface area contributed by atoms with Gasteiger partial charge < -0.3 is 5.32 Å². The molecular weight excluding hydrogens is 320 g/mol. The summed E-state index contributed by atoms with van der Waals surface area (Å²) in [4.78, 5) is 13.3. The van der Waals surface area contributed by atoms with E-state index in [4.69, 9.17) is 0 Å². The van der Waals surface area contributed by atoms with Gasteiger partial charge in [0.15, 0.2) is 11.5 Å². The van der Waals surface area contributed by atoms with Gasteiger partial charge >= 0.3 is 0 Å². The Bertz CT molecular complexity index is 828. The molecule has 3 aromatic rings. The maximum absolute atomic E-state index is 12.1. The Morgan fingerprint density at radius 3 is 2.79 bits per heavy atom. The molecule has 5 nitrogen and oxygen atoms in total. The van der Waals surface area contributed by atoms with Gasteiger partial charge in [0.25, 0.3) is 0 Å². The van der Waals surface area contributed by atoms with E-state index in [1.54, 1.807) is 11.8 Å². The molecule has 2 aromatic heterocycles. The number of benzene rings is 1. The fourth-order valence-electron chi connectivity index (χ4n) is 2.43. The molecule has 6 heteroatoms. The fourth-order valence-corrected chi connectivity index (χ4v) is 3.28. The number of nitrogens with one attached hydrogen (secondary N) is 1. The summed E-state index contributed by atoms with van der Waals surface area (Å²) in [7, 11) is 0. The van der Waals surface area contributed by atoms with Crippen molar-refractivity contribution in [1.29, 1.82) is 0 Å². The molecule has 124 valence electrons. The van der Waals surface area contributed by atoms with Crippen LogP contribution in [0.2, 0.25) is 0 Å². The van der Waals surface area contributed by atoms with Crippen LogP contribution in [0.1, 0.15) is 30.8 Å². The number of thioether (sulfide) groups is 1. The molecule has 24 heavy (non-hydrogen) atoms. The van der Waals surface area contributed by atoms with E-state index >= 15 is 0 Å². The SMILES string of the molecule is Cc1ccc(SCCC(=O)NC(C)c2nnc3ccccn23)cc1. The van der Waals surface area contributed by atoms with Gasteiger partial charge in [-0.15, -0.1) is 22.0 Å². The van der Waals surface area contributed by atoms with Gasteiger partial charge in [0, 0.05) is 23.3 Å². The summed E-state index contributed by atoms with van der Waals surface area (Å²) < 4.78 is 1.89. The van der Waals surface area contributed by atoms with Gasteiger partial charge in [-0.1, -0.05) is 23.8 Å². The number of hydrogen-bond acceptors (Lipinski definition) is 4. The van der Waals surface area contributed by atoms with Crippen LogP contribution in [0.25, 0.3) is 5.65 Å². The van der Waals surface area contributed by atoms with E-state index in [1.165, 1.54) is 10.5 Å². The quantitative estimate of drug-likeness (QED) is 0.699. The molecule has 1 unspecified atom stereocenters. The van der Waals surface area contributed by atoms with Crippen LogP contribution in [0.15, 0.2) is 53.6 Å². The number of aryl methyl sites for hydroxylation is 1. The van der Waals surface area contributed by atoms with Crippen LogP contribution < -0.4 is 5.32 Å². The first kappa shape index (κ1) is 16.5. The minimum absolute atomic E-state index is 0.0230. The molecule has 0 aliphatic rings. The van der Waals surface area contributed by atoms with Crippen LogP contribution in [-0.2, 0) is 4.79 Å². The molecule has 0 bridgehead atoms. The van der Waals surface area contributed by atoms with Crippen molar-refractivity contribution in [3.8, 4) is 0 Å². The number of hydrogen-bond donors (Lipinski definition) is 1. The van der Waals surface area contributed by atoms with E-state index in [9.17, 15) is 4.79 Å². The van der Waals surface area contributed by atoms with Gasteiger partial charge in [-0.2, -0.15) is 0 Å². The van der Waals surface area contributed by atoms with Gasteiger partial charge in [-0.05, 0) is 38.1 Å². The molecule has 0 saturated carbocycles. The van der Waals surface area contributed by atoms with Crippen molar-refractivity contribution in [3.05, 3.63) is 60.0 Å². The Hall–Kier alpha value is -2.34. The lowest BCUT2D eigenvalue weighted by atomic mass is 10.2. The average molecular weight is 340 g/mol. The van der Waals surface area contributed by atoms with E-state index in [0.29, 0.717) is 6.42 Å². The number of pyridine rings is 1. The second kappa shape index (κ2) is 7.49. The molecule has 1 N–H and O–H groups in total. The Kier molecular flexibility index (Phi) is 5.15. The van der Waals surface area contributed by atoms with Crippen molar-refractivity contribution in [1.82, 2.24) is 19.9 Å². The summed E-state index contributed by atoms with van der Waals surface area (Å²) in [5.41, 5.74) is 2.02. The summed E-state index contributed by atoms with van der Waals surface area (Å²) in [5, 5.41) is 11.3. The minimum Gasteiger partial charge on any atom is -0.346 e. The Morgan fingerprint density at radius 2 is 2.00 bits per heavy atom. The third kappa shape index (κ3) is 3.94. The zero-order valence-corrected chi connectivity index (χ0v) is 14.6. The molecule has 1 aromatic carbocycles. The summed E-state index contributed by atoms with van der Waals surface area (Å²) in [6.07, 6.45) is 2.38. The van der Waals surface area contributed by atoms with Crippen LogP contribution in [0.3, 0.4) is 0 Å². The second-order valence-electron chi connectivity index (χ2n) is 5.69. The first-order valence-electron chi connectivity index (χ1n) is 7.92. The molecule has 0 spiro atoms. The van der Waals surface area contributed by atoms with E-state index in [2.05, 4.69) is 46.7 Å². The summed E-state index contributed by atoms with van der Waals surface area (Å²) in [6.45, 7) is 3.99. The summed E-state index contributed by atoms with van der Waals surface area (Å²) >= 11 is 1.69. The monoisotopic (exact) mass is 340 g/mol. The normalized spacial score (nSPS) is 12.2. The first-order chi connectivity index (χ1) is 11.6. The fraction of sp³-hybridized carbons (Fsp3) is 0.278. The maximum Gasteiger partial charge on any atom is 0.221 e. The van der Waals surface area contributed by atoms with Gasteiger partial charge in [0.05, 0.1) is 6.04 Å². The highest BCUT2D eigenvalue weighted by molar-refractivity contribution is 7.99. The first-order valence-corrected chi connectivity index (χ1v) is 8.90. The molecule has 1 atom stereocenters. The van der Waals surface area contributed by atoms with Crippen LogP contribution in [0.5, 0.6) is 0 Å². The van der Waals surface area contributed by atoms with Crippen LogP contribution in [0, 0.1) is 6.92 Å². The number of nitrogens with zero attached hydrogens (tertiary/aromatic N) is 3. The predicted octanol–water partition coefficient (Wildman–Crippen LogP) is 3.40. The highest BCUT2D eigenvalue weighted by Gasteiger charge is 2.15. The van der Waals surface area contributed by atoms with Gasteiger partial charge in [0.2, 0.25) is 5.91 Å². The zero-order valence-electron chi connectivity index (χ0n) is 13.8. The van der Waals surface area contributed by atoms with E-state index < -0.39 is 0 Å². The third-order valence-corrected chi connectivity index (χ3v) is 4.74. The maximum atomic E-state index is 12.1. The van der Waals surface area contributed by atoms with E-state index in [1.807, 2.05) is 35.7 Å². The Morgan fingerprint density at radius 1 is 1.21 bits per heavy atom. The lowest BCUT2D eigenvalue weighted by Crippen LogP contribution is -2.28. The minimum atomic E-state index is -0.181. The molecule has 0 radical (unpaired) electrons. The molecular formula is C18H20N4OS. The number of carbonyl (C=O) groups is 1. The van der Waals surface area contributed by atoms with Gasteiger partial charge in [0.1, 0.15) is 0 Å². The van der Waals surface area contributed by atoms with Gasteiger partial charge in [-0.3, -0.25) is 9.20 Å². The van der Waals surface area contributed by atoms with Gasteiger partial charge in [-0.25, -0.2) is 0 Å². The highest BCUT2D eigenvalue weighted by atomic mass is 32.2. The standard InChI is InChI=1S/C18H20N4OS/c1-13-6-8-15(9-7-13)24-12-10-17(23)19-14(2)18-21-20-16-5-3-4-11-22(16)18/h3-9,11,14H,10,12H2,1-2H3,(H,19,23).